The van der Waals surface area contributed by atoms with Gasteiger partial charge in [-0.2, -0.15) is 0 Å². The zero-order chi connectivity index (χ0) is 33.4. The fourth-order valence-corrected chi connectivity index (χ4v) is 7.19. The SMILES string of the molecule is Cc1c(Oc2ccc3c(c2)-c2ccc(N(c4ccccc4)c4ccccc4)cc2C3(C)C)cccc1N(c1ccccc1)c1ccccc1. The van der Waals surface area contributed by atoms with Gasteiger partial charge in [0.2, 0.25) is 0 Å². The number of para-hydroxylation sites is 4. The third-order valence-electron chi connectivity index (χ3n) is 9.67. The Kier molecular flexibility index (Phi) is 7.74. The van der Waals surface area contributed by atoms with E-state index >= 15 is 0 Å². The Morgan fingerprint density at radius 3 is 1.51 bits per heavy atom. The molecule has 1 aliphatic carbocycles. The highest BCUT2D eigenvalue weighted by molar-refractivity contribution is 5.86. The van der Waals surface area contributed by atoms with Crippen molar-refractivity contribution in [2.24, 2.45) is 0 Å². The van der Waals surface area contributed by atoms with Gasteiger partial charge in [0, 0.05) is 39.4 Å². The largest absolute Gasteiger partial charge is 0.457 e. The molecule has 8 rings (SSSR count). The second-order valence-electron chi connectivity index (χ2n) is 13.1. The number of fused-ring (bicyclic) bond motifs is 3. The summed E-state index contributed by atoms with van der Waals surface area (Å²) in [6, 6.07) is 61.9. The van der Waals surface area contributed by atoms with Crippen LogP contribution >= 0.6 is 0 Å². The molecule has 49 heavy (non-hydrogen) atoms. The fraction of sp³-hybridized carbons (Fsp3) is 0.0870. The highest BCUT2D eigenvalue weighted by Crippen LogP contribution is 2.52. The van der Waals surface area contributed by atoms with Gasteiger partial charge in [-0.25, -0.2) is 0 Å². The van der Waals surface area contributed by atoms with Crippen LogP contribution in [0, 0.1) is 6.92 Å². The Labute approximate surface area is 289 Å². The quantitative estimate of drug-likeness (QED) is 0.165. The molecule has 0 saturated heterocycles. The van der Waals surface area contributed by atoms with Crippen molar-refractivity contribution in [3.8, 4) is 22.6 Å². The second kappa shape index (κ2) is 12.5. The molecule has 0 aromatic heterocycles. The first-order valence-electron chi connectivity index (χ1n) is 16.9. The van der Waals surface area contributed by atoms with Gasteiger partial charge in [0.05, 0.1) is 5.69 Å². The van der Waals surface area contributed by atoms with Gasteiger partial charge in [-0.1, -0.05) is 105 Å². The maximum absolute atomic E-state index is 6.72. The Bertz CT molecular complexity index is 2150. The number of hydrogen-bond donors (Lipinski definition) is 0. The molecule has 7 aromatic rings. The number of benzene rings is 7. The molecule has 1 aliphatic rings. The molecule has 0 aliphatic heterocycles. The average Bonchev–Trinajstić information content (AvgIpc) is 3.37. The van der Waals surface area contributed by atoms with Crippen LogP contribution in [0.1, 0.15) is 30.5 Å². The molecule has 0 fully saturated rings. The molecule has 0 atom stereocenters. The standard InChI is InChI=1S/C46H38N2O/c1-33-44(48(36-21-12-6-13-22-36)37-23-14-7-15-24-37)25-16-26-45(33)49-39-28-30-42-41(32-39)40-29-27-38(31-43(40)46(42,2)3)47(34-17-8-4-9-18-34)35-19-10-5-11-20-35/h4-32H,1-3H3. The van der Waals surface area contributed by atoms with E-state index in [0.29, 0.717) is 0 Å². The Morgan fingerprint density at radius 2 is 0.959 bits per heavy atom. The van der Waals surface area contributed by atoms with Crippen LogP contribution in [-0.4, -0.2) is 0 Å². The first-order valence-corrected chi connectivity index (χ1v) is 16.9. The summed E-state index contributed by atoms with van der Waals surface area (Å²) in [6.45, 7) is 6.79. The minimum Gasteiger partial charge on any atom is -0.457 e. The van der Waals surface area contributed by atoms with Gasteiger partial charge in [0.1, 0.15) is 11.5 Å². The van der Waals surface area contributed by atoms with Crippen molar-refractivity contribution in [3.63, 3.8) is 0 Å². The molecule has 238 valence electrons. The van der Waals surface area contributed by atoms with E-state index in [1.54, 1.807) is 0 Å². The van der Waals surface area contributed by atoms with Crippen LogP contribution in [0.5, 0.6) is 11.5 Å². The van der Waals surface area contributed by atoms with Crippen molar-refractivity contribution >= 4 is 34.1 Å². The molecule has 0 N–H and O–H groups in total. The highest BCUT2D eigenvalue weighted by Gasteiger charge is 2.36. The third kappa shape index (κ3) is 5.54. The first-order chi connectivity index (χ1) is 24.0. The van der Waals surface area contributed by atoms with E-state index < -0.39 is 0 Å². The lowest BCUT2D eigenvalue weighted by Crippen LogP contribution is -2.16. The van der Waals surface area contributed by atoms with Crippen molar-refractivity contribution in [2.45, 2.75) is 26.2 Å². The summed E-state index contributed by atoms with van der Waals surface area (Å²) in [5, 5.41) is 0. The summed E-state index contributed by atoms with van der Waals surface area (Å²) in [6.07, 6.45) is 0. The van der Waals surface area contributed by atoms with Crippen molar-refractivity contribution in [2.75, 3.05) is 9.80 Å². The minimum atomic E-state index is -0.167. The molecule has 3 heteroatoms. The molecule has 3 nitrogen and oxygen atoms in total. The normalized spacial score (nSPS) is 12.6. The summed E-state index contributed by atoms with van der Waals surface area (Å²) < 4.78 is 6.72. The van der Waals surface area contributed by atoms with Crippen LogP contribution in [0.4, 0.5) is 34.1 Å². The van der Waals surface area contributed by atoms with Gasteiger partial charge in [-0.15, -0.1) is 0 Å². The Hall–Kier alpha value is -6.06. The lowest BCUT2D eigenvalue weighted by atomic mass is 9.82. The van der Waals surface area contributed by atoms with Crippen LogP contribution in [-0.2, 0) is 5.41 Å². The molecular formula is C46H38N2O. The van der Waals surface area contributed by atoms with Crippen LogP contribution in [0.25, 0.3) is 11.1 Å². The summed E-state index contributed by atoms with van der Waals surface area (Å²) in [7, 11) is 0. The molecular weight excluding hydrogens is 597 g/mol. The lowest BCUT2D eigenvalue weighted by molar-refractivity contribution is 0.479. The Morgan fingerprint density at radius 1 is 0.429 bits per heavy atom. The van der Waals surface area contributed by atoms with Crippen LogP contribution < -0.4 is 14.5 Å². The van der Waals surface area contributed by atoms with E-state index in [9.17, 15) is 0 Å². The number of ether oxygens (including phenoxy) is 1. The average molecular weight is 635 g/mol. The number of rotatable bonds is 8. The lowest BCUT2D eigenvalue weighted by Gasteiger charge is -2.28. The van der Waals surface area contributed by atoms with Crippen molar-refractivity contribution in [1.29, 1.82) is 0 Å². The van der Waals surface area contributed by atoms with Gasteiger partial charge in [-0.3, -0.25) is 0 Å². The molecule has 0 unspecified atom stereocenters. The van der Waals surface area contributed by atoms with Crippen molar-refractivity contribution in [1.82, 2.24) is 0 Å². The molecule has 7 aromatic carbocycles. The van der Waals surface area contributed by atoms with Gasteiger partial charge in [-0.05, 0) is 114 Å². The third-order valence-corrected chi connectivity index (χ3v) is 9.67. The smallest absolute Gasteiger partial charge is 0.132 e. The second-order valence-corrected chi connectivity index (χ2v) is 13.1. The van der Waals surface area contributed by atoms with Gasteiger partial charge < -0.3 is 14.5 Å². The maximum Gasteiger partial charge on any atom is 0.132 e. The fourth-order valence-electron chi connectivity index (χ4n) is 7.19. The zero-order valence-corrected chi connectivity index (χ0v) is 28.0. The molecule has 0 radical (unpaired) electrons. The van der Waals surface area contributed by atoms with Gasteiger partial charge in [0.25, 0.3) is 0 Å². The number of nitrogens with zero attached hydrogens (tertiary/aromatic N) is 2. The van der Waals surface area contributed by atoms with Gasteiger partial charge >= 0.3 is 0 Å². The van der Waals surface area contributed by atoms with Gasteiger partial charge in [0.15, 0.2) is 0 Å². The topological polar surface area (TPSA) is 15.7 Å². The summed E-state index contributed by atoms with van der Waals surface area (Å²) >= 11 is 0. The van der Waals surface area contributed by atoms with E-state index in [1.807, 2.05) is 0 Å². The summed E-state index contributed by atoms with van der Waals surface area (Å²) in [4.78, 5) is 4.62. The highest BCUT2D eigenvalue weighted by atomic mass is 16.5. The van der Waals surface area contributed by atoms with E-state index in [2.05, 4.69) is 206 Å². The molecule has 0 heterocycles. The monoisotopic (exact) mass is 634 g/mol. The molecule has 0 amide bonds. The van der Waals surface area contributed by atoms with Crippen LogP contribution in [0.2, 0.25) is 0 Å². The van der Waals surface area contributed by atoms with Crippen molar-refractivity contribution in [3.05, 3.63) is 193 Å². The Balaban J connectivity index is 1.16. The van der Waals surface area contributed by atoms with E-state index in [1.165, 1.54) is 22.3 Å². The number of anilines is 6. The van der Waals surface area contributed by atoms with E-state index in [4.69, 9.17) is 4.74 Å². The summed E-state index contributed by atoms with van der Waals surface area (Å²) in [5.74, 6) is 1.66. The van der Waals surface area contributed by atoms with Crippen molar-refractivity contribution < 1.29 is 4.74 Å². The predicted molar refractivity (Wildman–Crippen MR) is 205 cm³/mol. The molecule has 0 bridgehead atoms. The first kappa shape index (κ1) is 30.3. The minimum absolute atomic E-state index is 0.167. The number of hydrogen-bond acceptors (Lipinski definition) is 3. The summed E-state index contributed by atoms with van der Waals surface area (Å²) in [5.41, 5.74) is 12.7. The van der Waals surface area contributed by atoms with Crippen LogP contribution in [0.3, 0.4) is 0 Å². The predicted octanol–water partition coefficient (Wildman–Crippen LogP) is 13.0. The maximum atomic E-state index is 6.72. The van der Waals surface area contributed by atoms with Crippen LogP contribution in [0.15, 0.2) is 176 Å². The van der Waals surface area contributed by atoms with E-state index in [-0.39, 0.29) is 5.41 Å². The molecule has 0 spiro atoms. The van der Waals surface area contributed by atoms with E-state index in [0.717, 1.165) is 51.2 Å². The zero-order valence-electron chi connectivity index (χ0n) is 28.0. The molecule has 0 saturated carbocycles.